The second kappa shape index (κ2) is 9.35. The highest BCUT2D eigenvalue weighted by atomic mass is 32.2. The summed E-state index contributed by atoms with van der Waals surface area (Å²) in [7, 11) is 2.78. The lowest BCUT2D eigenvalue weighted by atomic mass is 10.1. The normalized spacial score (nSPS) is 14.8. The van der Waals surface area contributed by atoms with E-state index < -0.39 is 23.6 Å². The first-order valence-electron chi connectivity index (χ1n) is 9.72. The fourth-order valence-electron chi connectivity index (χ4n) is 3.48. The number of phenolic OH excluding ortho intramolecular Hbond substituents is 1. The van der Waals surface area contributed by atoms with Crippen molar-refractivity contribution in [1.82, 2.24) is 4.90 Å². The van der Waals surface area contributed by atoms with Crippen LogP contribution in [0.3, 0.4) is 0 Å². The van der Waals surface area contributed by atoms with Crippen molar-refractivity contribution in [3.8, 4) is 17.2 Å². The maximum absolute atomic E-state index is 12.8. The number of benzene rings is 2. The number of thioether (sulfide) groups is 1. The molecule has 0 aromatic heterocycles. The molecule has 1 saturated heterocycles. The molecule has 9 heteroatoms. The molecular formula is C23H24N2O6S. The van der Waals surface area contributed by atoms with Gasteiger partial charge in [-0.05, 0) is 67.4 Å². The van der Waals surface area contributed by atoms with Gasteiger partial charge in [-0.15, -0.1) is 0 Å². The summed E-state index contributed by atoms with van der Waals surface area (Å²) in [5.74, 6) is -0.871. The third kappa shape index (κ3) is 4.72. The van der Waals surface area contributed by atoms with Gasteiger partial charge in [-0.2, -0.15) is 0 Å². The number of amides is 3. The fraction of sp³-hybridized carbons (Fsp3) is 0.261. The van der Waals surface area contributed by atoms with Gasteiger partial charge in [-0.3, -0.25) is 19.3 Å². The van der Waals surface area contributed by atoms with Crippen LogP contribution in [0.4, 0.5) is 10.5 Å². The lowest BCUT2D eigenvalue weighted by Gasteiger charge is -2.16. The SMILES string of the molecule is COc1cc(/C=C2/SC(=O)N(CC(=O)Nc3c(C)cc(C)cc3C)C2=O)cc(OC)c1O. The molecule has 32 heavy (non-hydrogen) atoms. The summed E-state index contributed by atoms with van der Waals surface area (Å²) >= 11 is 0.739. The summed E-state index contributed by atoms with van der Waals surface area (Å²) < 4.78 is 10.2. The summed E-state index contributed by atoms with van der Waals surface area (Å²) in [6.07, 6.45) is 1.49. The second-order valence-corrected chi connectivity index (χ2v) is 8.36. The van der Waals surface area contributed by atoms with Crippen LogP contribution in [-0.4, -0.2) is 47.8 Å². The molecule has 0 spiro atoms. The number of aromatic hydroxyl groups is 1. The Morgan fingerprint density at radius 2 is 1.62 bits per heavy atom. The van der Waals surface area contributed by atoms with Gasteiger partial charge in [0.25, 0.3) is 11.1 Å². The third-order valence-corrected chi connectivity index (χ3v) is 5.82. The van der Waals surface area contributed by atoms with Crippen molar-refractivity contribution >= 4 is 40.6 Å². The van der Waals surface area contributed by atoms with E-state index in [4.69, 9.17) is 9.47 Å². The van der Waals surface area contributed by atoms with Crippen LogP contribution in [0.25, 0.3) is 6.08 Å². The van der Waals surface area contributed by atoms with Crippen molar-refractivity contribution in [2.75, 3.05) is 26.1 Å². The van der Waals surface area contributed by atoms with Crippen LogP contribution in [0, 0.1) is 20.8 Å². The minimum atomic E-state index is -0.571. The van der Waals surface area contributed by atoms with Gasteiger partial charge in [0.15, 0.2) is 11.5 Å². The highest BCUT2D eigenvalue weighted by Crippen LogP contribution is 2.39. The van der Waals surface area contributed by atoms with Gasteiger partial charge in [0.2, 0.25) is 11.7 Å². The number of imide groups is 1. The number of ether oxygens (including phenoxy) is 2. The number of carbonyl (C=O) groups is 3. The largest absolute Gasteiger partial charge is 0.502 e. The number of aryl methyl sites for hydroxylation is 3. The monoisotopic (exact) mass is 456 g/mol. The molecule has 3 amide bonds. The molecule has 2 aromatic rings. The first-order chi connectivity index (χ1) is 15.1. The van der Waals surface area contributed by atoms with Gasteiger partial charge in [0.1, 0.15) is 6.54 Å². The number of carbonyl (C=O) groups excluding carboxylic acids is 3. The zero-order chi connectivity index (χ0) is 23.6. The first-order valence-corrected chi connectivity index (χ1v) is 10.5. The van der Waals surface area contributed by atoms with Gasteiger partial charge >= 0.3 is 0 Å². The molecule has 0 unspecified atom stereocenters. The Morgan fingerprint density at radius 3 is 2.16 bits per heavy atom. The summed E-state index contributed by atoms with van der Waals surface area (Å²) in [6, 6.07) is 6.93. The number of nitrogens with one attached hydrogen (secondary N) is 1. The third-order valence-electron chi connectivity index (χ3n) is 4.92. The summed E-state index contributed by atoms with van der Waals surface area (Å²) in [4.78, 5) is 38.8. The zero-order valence-electron chi connectivity index (χ0n) is 18.4. The van der Waals surface area contributed by atoms with E-state index in [-0.39, 0.29) is 22.2 Å². The zero-order valence-corrected chi connectivity index (χ0v) is 19.3. The highest BCUT2D eigenvalue weighted by Gasteiger charge is 2.36. The number of nitrogens with zero attached hydrogens (tertiary/aromatic N) is 1. The molecule has 0 saturated carbocycles. The van der Waals surface area contributed by atoms with Crippen LogP contribution >= 0.6 is 11.8 Å². The van der Waals surface area contributed by atoms with Crippen molar-refractivity contribution < 1.29 is 29.0 Å². The molecular weight excluding hydrogens is 432 g/mol. The Labute approximate surface area is 190 Å². The Morgan fingerprint density at radius 1 is 1.06 bits per heavy atom. The summed E-state index contributed by atoms with van der Waals surface area (Å²) in [5.41, 5.74) is 4.06. The van der Waals surface area contributed by atoms with Gasteiger partial charge in [0.05, 0.1) is 19.1 Å². The Bertz CT molecular complexity index is 1090. The second-order valence-electron chi connectivity index (χ2n) is 7.36. The molecule has 1 aliphatic rings. The van der Waals surface area contributed by atoms with E-state index in [2.05, 4.69) is 5.32 Å². The molecule has 3 rings (SSSR count). The number of anilines is 1. The van der Waals surface area contributed by atoms with Crippen molar-refractivity contribution in [3.63, 3.8) is 0 Å². The minimum absolute atomic E-state index is 0.153. The number of hydrogen-bond donors (Lipinski definition) is 2. The number of hydrogen-bond acceptors (Lipinski definition) is 7. The van der Waals surface area contributed by atoms with Crippen molar-refractivity contribution in [1.29, 1.82) is 0 Å². The van der Waals surface area contributed by atoms with E-state index in [1.54, 1.807) is 0 Å². The van der Waals surface area contributed by atoms with Crippen LogP contribution in [0.15, 0.2) is 29.2 Å². The molecule has 1 heterocycles. The Balaban J connectivity index is 1.79. The predicted octanol–water partition coefficient (Wildman–Crippen LogP) is 4.01. The molecule has 0 aliphatic carbocycles. The van der Waals surface area contributed by atoms with Crippen molar-refractivity contribution in [3.05, 3.63) is 51.4 Å². The molecule has 0 atom stereocenters. The number of rotatable bonds is 6. The van der Waals surface area contributed by atoms with Crippen LogP contribution in [-0.2, 0) is 9.59 Å². The van der Waals surface area contributed by atoms with E-state index in [1.165, 1.54) is 32.4 Å². The maximum Gasteiger partial charge on any atom is 0.294 e. The topological polar surface area (TPSA) is 105 Å². The molecule has 8 nitrogen and oxygen atoms in total. The summed E-state index contributed by atoms with van der Waals surface area (Å²) in [6.45, 7) is 5.35. The van der Waals surface area contributed by atoms with E-state index in [1.807, 2.05) is 32.9 Å². The molecule has 168 valence electrons. The quantitative estimate of drug-likeness (QED) is 0.633. The van der Waals surface area contributed by atoms with E-state index in [0.29, 0.717) is 11.3 Å². The van der Waals surface area contributed by atoms with E-state index in [0.717, 1.165) is 33.4 Å². The average Bonchev–Trinajstić information content (AvgIpc) is 2.99. The van der Waals surface area contributed by atoms with Crippen LogP contribution in [0.2, 0.25) is 0 Å². The smallest absolute Gasteiger partial charge is 0.294 e. The van der Waals surface area contributed by atoms with E-state index in [9.17, 15) is 19.5 Å². The van der Waals surface area contributed by atoms with Crippen LogP contribution < -0.4 is 14.8 Å². The molecule has 0 bridgehead atoms. The van der Waals surface area contributed by atoms with Gasteiger partial charge in [-0.1, -0.05) is 17.7 Å². The fourth-order valence-corrected chi connectivity index (χ4v) is 4.32. The van der Waals surface area contributed by atoms with Gasteiger partial charge in [-0.25, -0.2) is 0 Å². The maximum atomic E-state index is 12.8. The lowest BCUT2D eigenvalue weighted by molar-refractivity contribution is -0.127. The highest BCUT2D eigenvalue weighted by molar-refractivity contribution is 8.18. The lowest BCUT2D eigenvalue weighted by Crippen LogP contribution is -2.36. The van der Waals surface area contributed by atoms with Crippen molar-refractivity contribution in [2.45, 2.75) is 20.8 Å². The van der Waals surface area contributed by atoms with Crippen molar-refractivity contribution in [2.24, 2.45) is 0 Å². The minimum Gasteiger partial charge on any atom is -0.502 e. The van der Waals surface area contributed by atoms with Crippen LogP contribution in [0.5, 0.6) is 17.2 Å². The standard InChI is InChI=1S/C23H24N2O6S/c1-12-6-13(2)20(14(3)7-12)24-19(26)11-25-22(28)18(32-23(25)29)10-15-8-16(30-4)21(27)17(9-15)31-5/h6-10,27H,11H2,1-5H3,(H,24,26)/b18-10+. The molecule has 2 N–H and O–H groups in total. The first kappa shape index (κ1) is 23.2. The van der Waals surface area contributed by atoms with Crippen LogP contribution in [0.1, 0.15) is 22.3 Å². The molecule has 0 radical (unpaired) electrons. The van der Waals surface area contributed by atoms with Gasteiger partial charge < -0.3 is 19.9 Å². The predicted molar refractivity (Wildman–Crippen MR) is 123 cm³/mol. The number of phenols is 1. The average molecular weight is 457 g/mol. The molecule has 1 aliphatic heterocycles. The Kier molecular flexibility index (Phi) is 6.78. The number of methoxy groups -OCH3 is 2. The molecule has 1 fully saturated rings. The van der Waals surface area contributed by atoms with Gasteiger partial charge in [0, 0.05) is 5.69 Å². The molecule has 2 aromatic carbocycles. The Hall–Kier alpha value is -3.46. The summed E-state index contributed by atoms with van der Waals surface area (Å²) in [5, 5.41) is 12.3. The van der Waals surface area contributed by atoms with E-state index >= 15 is 0 Å².